The first-order chi connectivity index (χ1) is 7.72. The Balaban J connectivity index is 2.35. The summed E-state index contributed by atoms with van der Waals surface area (Å²) < 4.78 is 0. The molecule has 0 aromatic rings. The fourth-order valence-corrected chi connectivity index (χ4v) is 2.14. The fraction of sp³-hybridized carbons (Fsp3) is 0.917. The Morgan fingerprint density at radius 3 is 2.41 bits per heavy atom. The second-order valence-corrected chi connectivity index (χ2v) is 6.25. The van der Waals surface area contributed by atoms with Crippen molar-refractivity contribution in [3.8, 4) is 0 Å². The summed E-state index contributed by atoms with van der Waals surface area (Å²) in [5.74, 6) is -0.802. The van der Waals surface area contributed by atoms with Gasteiger partial charge in [0, 0.05) is 19.6 Å². The van der Waals surface area contributed by atoms with Crippen molar-refractivity contribution < 1.29 is 15.0 Å². The number of aliphatic carboxylic acids is 1. The highest BCUT2D eigenvalue weighted by Gasteiger charge is 2.38. The Hall–Kier alpha value is -0.650. The highest BCUT2D eigenvalue weighted by Crippen LogP contribution is 2.21. The molecule has 1 saturated heterocycles. The first-order valence-corrected chi connectivity index (χ1v) is 6.08. The van der Waals surface area contributed by atoms with Crippen LogP contribution in [0.2, 0.25) is 0 Å². The van der Waals surface area contributed by atoms with Gasteiger partial charge in [0.25, 0.3) is 0 Å². The Morgan fingerprint density at radius 1 is 1.47 bits per heavy atom. The van der Waals surface area contributed by atoms with Gasteiger partial charge in [0.2, 0.25) is 0 Å². The van der Waals surface area contributed by atoms with Crippen molar-refractivity contribution in [1.82, 2.24) is 10.6 Å². The van der Waals surface area contributed by atoms with E-state index < -0.39 is 12.1 Å². The van der Waals surface area contributed by atoms with Crippen LogP contribution in [0.1, 0.15) is 33.6 Å². The van der Waals surface area contributed by atoms with Gasteiger partial charge in [-0.2, -0.15) is 0 Å². The van der Waals surface area contributed by atoms with Gasteiger partial charge in [-0.15, -0.1) is 0 Å². The zero-order valence-electron chi connectivity index (χ0n) is 10.9. The number of aliphatic hydroxyl groups excluding tert-OH is 1. The molecule has 0 aliphatic carbocycles. The molecule has 17 heavy (non-hydrogen) atoms. The van der Waals surface area contributed by atoms with E-state index in [1.54, 1.807) is 0 Å². The van der Waals surface area contributed by atoms with Gasteiger partial charge >= 0.3 is 5.97 Å². The van der Waals surface area contributed by atoms with Crippen LogP contribution in [0.3, 0.4) is 0 Å². The van der Waals surface area contributed by atoms with E-state index in [1.807, 2.05) is 0 Å². The van der Waals surface area contributed by atoms with E-state index in [0.717, 1.165) is 0 Å². The monoisotopic (exact) mass is 244 g/mol. The van der Waals surface area contributed by atoms with Crippen LogP contribution >= 0.6 is 0 Å². The number of carboxylic acids is 1. The average Bonchev–Trinajstić information content (AvgIpc) is 2.05. The number of β-amino-alcohol motifs (C(OH)–C–C–N with tert-alkyl or cyclic N) is 1. The maximum absolute atomic E-state index is 10.8. The number of hydrogen-bond donors (Lipinski definition) is 4. The second-order valence-electron chi connectivity index (χ2n) is 6.25. The summed E-state index contributed by atoms with van der Waals surface area (Å²) in [5, 5.41) is 25.0. The number of carboxylic acid groups (broad SMARTS) is 1. The molecule has 0 radical (unpaired) electrons. The van der Waals surface area contributed by atoms with Crippen LogP contribution in [0.5, 0.6) is 0 Å². The van der Waals surface area contributed by atoms with E-state index in [4.69, 9.17) is 5.11 Å². The van der Waals surface area contributed by atoms with Gasteiger partial charge < -0.3 is 20.8 Å². The quantitative estimate of drug-likeness (QED) is 0.536. The number of nitrogens with one attached hydrogen (secondary N) is 2. The number of carbonyl (C=O) groups is 1. The van der Waals surface area contributed by atoms with E-state index in [9.17, 15) is 9.90 Å². The molecular formula is C12H24N2O3. The summed E-state index contributed by atoms with van der Waals surface area (Å²) in [7, 11) is 0. The minimum Gasteiger partial charge on any atom is -0.481 e. The van der Waals surface area contributed by atoms with Crippen LogP contribution in [0.15, 0.2) is 0 Å². The van der Waals surface area contributed by atoms with Gasteiger partial charge in [-0.05, 0) is 11.8 Å². The van der Waals surface area contributed by atoms with E-state index in [-0.39, 0.29) is 17.4 Å². The average molecular weight is 244 g/mol. The summed E-state index contributed by atoms with van der Waals surface area (Å²) in [5.41, 5.74) is -0.288. The predicted octanol–water partition coefficient (Wildman–Crippen LogP) is 0.190. The normalized spacial score (nSPS) is 20.7. The maximum atomic E-state index is 10.8. The van der Waals surface area contributed by atoms with Crippen LogP contribution in [0.4, 0.5) is 0 Å². The van der Waals surface area contributed by atoms with Crippen molar-refractivity contribution in [1.29, 1.82) is 0 Å². The molecular weight excluding hydrogens is 220 g/mol. The van der Waals surface area contributed by atoms with Crippen LogP contribution in [0, 0.1) is 5.41 Å². The summed E-state index contributed by atoms with van der Waals surface area (Å²) >= 11 is 0. The van der Waals surface area contributed by atoms with Crippen molar-refractivity contribution in [2.45, 2.75) is 45.3 Å². The van der Waals surface area contributed by atoms with Crippen LogP contribution < -0.4 is 10.6 Å². The third-order valence-electron chi connectivity index (χ3n) is 2.98. The third kappa shape index (κ3) is 5.02. The van der Waals surface area contributed by atoms with E-state index in [1.165, 1.54) is 0 Å². The molecule has 1 heterocycles. The number of rotatable bonds is 6. The molecule has 4 N–H and O–H groups in total. The summed E-state index contributed by atoms with van der Waals surface area (Å²) in [6.45, 7) is 7.99. The first kappa shape index (κ1) is 14.4. The lowest BCUT2D eigenvalue weighted by atomic mass is 9.86. The van der Waals surface area contributed by atoms with Crippen molar-refractivity contribution in [3.63, 3.8) is 0 Å². The summed E-state index contributed by atoms with van der Waals surface area (Å²) in [6.07, 6.45) is 0.375. The highest BCUT2D eigenvalue weighted by atomic mass is 16.4. The molecule has 0 bridgehead atoms. The highest BCUT2D eigenvalue weighted by molar-refractivity contribution is 5.68. The smallest absolute Gasteiger partial charge is 0.305 e. The Bertz CT molecular complexity index is 269. The molecule has 1 aliphatic rings. The molecule has 5 nitrogen and oxygen atoms in total. The van der Waals surface area contributed by atoms with Crippen LogP contribution in [0.25, 0.3) is 0 Å². The molecule has 5 heteroatoms. The maximum Gasteiger partial charge on any atom is 0.305 e. The lowest BCUT2D eigenvalue weighted by Gasteiger charge is -2.43. The zero-order chi connectivity index (χ0) is 13.1. The molecule has 1 fully saturated rings. The number of aliphatic hydroxyl groups is 1. The van der Waals surface area contributed by atoms with E-state index in [2.05, 4.69) is 31.4 Å². The van der Waals surface area contributed by atoms with Gasteiger partial charge in [-0.1, -0.05) is 20.8 Å². The van der Waals surface area contributed by atoms with Gasteiger partial charge in [0.05, 0.1) is 18.1 Å². The third-order valence-corrected chi connectivity index (χ3v) is 2.98. The van der Waals surface area contributed by atoms with Gasteiger partial charge in [-0.25, -0.2) is 0 Å². The molecule has 0 aromatic carbocycles. The minimum absolute atomic E-state index is 0.0823. The van der Waals surface area contributed by atoms with Gasteiger partial charge in [0.15, 0.2) is 0 Å². The van der Waals surface area contributed by atoms with Crippen molar-refractivity contribution in [2.24, 2.45) is 5.41 Å². The summed E-state index contributed by atoms with van der Waals surface area (Å²) in [4.78, 5) is 10.8. The zero-order valence-corrected chi connectivity index (χ0v) is 10.9. The van der Waals surface area contributed by atoms with E-state index >= 15 is 0 Å². The lowest BCUT2D eigenvalue weighted by Crippen LogP contribution is -2.69. The Labute approximate surface area is 103 Å². The van der Waals surface area contributed by atoms with Crippen molar-refractivity contribution >= 4 is 5.97 Å². The largest absolute Gasteiger partial charge is 0.481 e. The molecule has 0 aromatic heterocycles. The molecule has 1 rings (SSSR count). The Kier molecular flexibility index (Phi) is 4.52. The van der Waals surface area contributed by atoms with Gasteiger partial charge in [-0.3, -0.25) is 4.79 Å². The van der Waals surface area contributed by atoms with Gasteiger partial charge in [0.1, 0.15) is 0 Å². The first-order valence-electron chi connectivity index (χ1n) is 6.08. The fourth-order valence-electron chi connectivity index (χ4n) is 2.14. The minimum atomic E-state index is -0.802. The predicted molar refractivity (Wildman–Crippen MR) is 65.9 cm³/mol. The van der Waals surface area contributed by atoms with Crippen LogP contribution in [-0.2, 0) is 4.79 Å². The second kappa shape index (κ2) is 5.33. The lowest BCUT2D eigenvalue weighted by molar-refractivity contribution is -0.139. The SMILES string of the molecule is CC(C)(C)CC(O)CNC1(CC(=O)O)CNC1. The van der Waals surface area contributed by atoms with Crippen LogP contribution in [-0.4, -0.2) is 47.5 Å². The number of hydrogen-bond acceptors (Lipinski definition) is 4. The van der Waals surface area contributed by atoms with E-state index in [0.29, 0.717) is 26.1 Å². The summed E-state index contributed by atoms with van der Waals surface area (Å²) in [6, 6.07) is 0. The topological polar surface area (TPSA) is 81.6 Å². The van der Waals surface area contributed by atoms with Crippen molar-refractivity contribution in [2.75, 3.05) is 19.6 Å². The molecule has 1 atom stereocenters. The van der Waals surface area contributed by atoms with Crippen molar-refractivity contribution in [3.05, 3.63) is 0 Å². The molecule has 100 valence electrons. The molecule has 0 amide bonds. The molecule has 1 aliphatic heterocycles. The molecule has 1 unspecified atom stereocenters. The molecule has 0 saturated carbocycles. The Morgan fingerprint density at radius 2 is 2.06 bits per heavy atom. The molecule has 0 spiro atoms. The standard InChI is InChI=1S/C12H24N2O3/c1-11(2,3)4-9(15)6-14-12(5-10(16)17)7-13-8-12/h9,13-15H,4-8H2,1-3H3,(H,16,17).